The molecule has 78 valence electrons. The molecule has 2 heteroatoms. The third kappa shape index (κ3) is 2.74. The summed E-state index contributed by atoms with van der Waals surface area (Å²) >= 11 is 0. The highest BCUT2D eigenvalue weighted by atomic mass is 79.9. The van der Waals surface area contributed by atoms with Crippen LogP contribution in [0, 0.1) is 0 Å². The second kappa shape index (κ2) is 5.40. The lowest BCUT2D eigenvalue weighted by Gasteiger charge is -2.21. The van der Waals surface area contributed by atoms with Gasteiger partial charge in [0.2, 0.25) is 0 Å². The second-order valence-corrected chi connectivity index (χ2v) is 4.00. The van der Waals surface area contributed by atoms with Crippen molar-refractivity contribution in [3.8, 4) is 0 Å². The SMILES string of the molecule is Br.Nc1ccc(C2CCCCC2)cc1. The predicted molar refractivity (Wildman–Crippen MR) is 67.0 cm³/mol. The summed E-state index contributed by atoms with van der Waals surface area (Å²) in [4.78, 5) is 0. The minimum Gasteiger partial charge on any atom is -0.399 e. The molecule has 1 fully saturated rings. The van der Waals surface area contributed by atoms with Crippen molar-refractivity contribution in [2.45, 2.75) is 38.0 Å². The van der Waals surface area contributed by atoms with Crippen LogP contribution in [0.4, 0.5) is 5.69 Å². The van der Waals surface area contributed by atoms with Crippen LogP contribution in [0.15, 0.2) is 24.3 Å². The summed E-state index contributed by atoms with van der Waals surface area (Å²) in [7, 11) is 0. The molecule has 0 radical (unpaired) electrons. The van der Waals surface area contributed by atoms with E-state index < -0.39 is 0 Å². The van der Waals surface area contributed by atoms with E-state index in [0.29, 0.717) is 0 Å². The van der Waals surface area contributed by atoms with Crippen LogP contribution in [0.2, 0.25) is 0 Å². The summed E-state index contributed by atoms with van der Waals surface area (Å²) in [6.07, 6.45) is 6.95. The average molecular weight is 256 g/mol. The summed E-state index contributed by atoms with van der Waals surface area (Å²) in [6.45, 7) is 0. The smallest absolute Gasteiger partial charge is 0.0314 e. The number of halogens is 1. The number of hydrogen-bond donors (Lipinski definition) is 1. The van der Waals surface area contributed by atoms with Gasteiger partial charge < -0.3 is 5.73 Å². The lowest BCUT2D eigenvalue weighted by molar-refractivity contribution is 0.443. The number of rotatable bonds is 1. The topological polar surface area (TPSA) is 26.0 Å². The first-order valence-corrected chi connectivity index (χ1v) is 5.22. The fraction of sp³-hybridized carbons (Fsp3) is 0.500. The van der Waals surface area contributed by atoms with E-state index in [2.05, 4.69) is 12.1 Å². The third-order valence-electron chi connectivity index (χ3n) is 3.01. The van der Waals surface area contributed by atoms with Crippen LogP contribution in [0.3, 0.4) is 0 Å². The molecule has 0 unspecified atom stereocenters. The van der Waals surface area contributed by atoms with Gasteiger partial charge in [-0.1, -0.05) is 31.4 Å². The number of hydrogen-bond acceptors (Lipinski definition) is 1. The highest BCUT2D eigenvalue weighted by Gasteiger charge is 2.14. The van der Waals surface area contributed by atoms with E-state index in [1.165, 1.54) is 37.7 Å². The Balaban J connectivity index is 0.000000980. The van der Waals surface area contributed by atoms with Crippen molar-refractivity contribution >= 4 is 22.7 Å². The molecule has 0 amide bonds. The van der Waals surface area contributed by atoms with Crippen molar-refractivity contribution in [1.82, 2.24) is 0 Å². The predicted octanol–water partition coefficient (Wildman–Crippen LogP) is 3.89. The summed E-state index contributed by atoms with van der Waals surface area (Å²) in [5.74, 6) is 0.800. The van der Waals surface area contributed by atoms with Gasteiger partial charge in [0, 0.05) is 5.69 Å². The molecule has 1 nitrogen and oxygen atoms in total. The van der Waals surface area contributed by atoms with E-state index in [0.717, 1.165) is 11.6 Å². The zero-order valence-electron chi connectivity index (χ0n) is 8.41. The number of nitrogen functional groups attached to an aromatic ring is 1. The van der Waals surface area contributed by atoms with Gasteiger partial charge >= 0.3 is 0 Å². The van der Waals surface area contributed by atoms with Gasteiger partial charge in [0.1, 0.15) is 0 Å². The van der Waals surface area contributed by atoms with Gasteiger partial charge in [0.25, 0.3) is 0 Å². The lowest BCUT2D eigenvalue weighted by Crippen LogP contribution is -2.04. The van der Waals surface area contributed by atoms with Gasteiger partial charge in [-0.2, -0.15) is 0 Å². The minimum atomic E-state index is 0. The van der Waals surface area contributed by atoms with Crippen molar-refractivity contribution in [2.75, 3.05) is 5.73 Å². The molecule has 1 aromatic rings. The molecule has 0 heterocycles. The number of nitrogens with two attached hydrogens (primary N) is 1. The molecule has 1 aliphatic rings. The van der Waals surface area contributed by atoms with Gasteiger partial charge in [-0.25, -0.2) is 0 Å². The molecule has 2 rings (SSSR count). The first-order chi connectivity index (χ1) is 6.36. The van der Waals surface area contributed by atoms with E-state index in [9.17, 15) is 0 Å². The maximum Gasteiger partial charge on any atom is 0.0314 e. The van der Waals surface area contributed by atoms with Crippen molar-refractivity contribution in [3.05, 3.63) is 29.8 Å². The van der Waals surface area contributed by atoms with Crippen LogP contribution < -0.4 is 5.73 Å². The van der Waals surface area contributed by atoms with Crippen LogP contribution in [-0.2, 0) is 0 Å². The molecule has 0 aromatic heterocycles. The van der Waals surface area contributed by atoms with Gasteiger partial charge in [-0.05, 0) is 36.5 Å². The van der Waals surface area contributed by atoms with E-state index in [-0.39, 0.29) is 17.0 Å². The Hall–Kier alpha value is -0.500. The van der Waals surface area contributed by atoms with Crippen molar-refractivity contribution in [3.63, 3.8) is 0 Å². The first-order valence-electron chi connectivity index (χ1n) is 5.22. The molecule has 1 saturated carbocycles. The average Bonchev–Trinajstić information content (AvgIpc) is 2.20. The molecule has 0 atom stereocenters. The van der Waals surface area contributed by atoms with Crippen LogP contribution in [0.1, 0.15) is 43.6 Å². The van der Waals surface area contributed by atoms with E-state index in [1.54, 1.807) is 0 Å². The Morgan fingerprint density at radius 2 is 1.50 bits per heavy atom. The minimum absolute atomic E-state index is 0. The Kier molecular flexibility index (Phi) is 4.46. The highest BCUT2D eigenvalue weighted by Crippen LogP contribution is 2.32. The molecule has 1 aromatic carbocycles. The quantitative estimate of drug-likeness (QED) is 0.758. The van der Waals surface area contributed by atoms with Crippen LogP contribution in [0.5, 0.6) is 0 Å². The number of anilines is 1. The standard InChI is InChI=1S/C12H17N.BrH/c13-12-8-6-11(7-9-12)10-4-2-1-3-5-10;/h6-10H,1-5,13H2;1H. The Labute approximate surface area is 96.5 Å². The van der Waals surface area contributed by atoms with Gasteiger partial charge in [0.05, 0.1) is 0 Å². The summed E-state index contributed by atoms with van der Waals surface area (Å²) < 4.78 is 0. The first kappa shape index (κ1) is 11.6. The van der Waals surface area contributed by atoms with Crippen LogP contribution in [0.25, 0.3) is 0 Å². The van der Waals surface area contributed by atoms with Gasteiger partial charge in [0.15, 0.2) is 0 Å². The normalized spacial score (nSPS) is 17.4. The van der Waals surface area contributed by atoms with Crippen molar-refractivity contribution in [1.29, 1.82) is 0 Å². The molecule has 0 saturated heterocycles. The van der Waals surface area contributed by atoms with Crippen molar-refractivity contribution in [2.24, 2.45) is 0 Å². The second-order valence-electron chi connectivity index (χ2n) is 4.00. The zero-order chi connectivity index (χ0) is 9.10. The Morgan fingerprint density at radius 3 is 2.07 bits per heavy atom. The van der Waals surface area contributed by atoms with Gasteiger partial charge in [-0.15, -0.1) is 17.0 Å². The van der Waals surface area contributed by atoms with Gasteiger partial charge in [-0.3, -0.25) is 0 Å². The molecule has 2 N–H and O–H groups in total. The Morgan fingerprint density at radius 1 is 0.929 bits per heavy atom. The maximum atomic E-state index is 5.66. The maximum absolute atomic E-state index is 5.66. The molecule has 0 spiro atoms. The zero-order valence-corrected chi connectivity index (χ0v) is 10.1. The number of benzene rings is 1. The third-order valence-corrected chi connectivity index (χ3v) is 3.01. The summed E-state index contributed by atoms with van der Waals surface area (Å²) in [5, 5.41) is 0. The van der Waals surface area contributed by atoms with Crippen LogP contribution >= 0.6 is 17.0 Å². The molecule has 0 aliphatic heterocycles. The molecular formula is C12H18BrN. The molecule has 0 bridgehead atoms. The monoisotopic (exact) mass is 255 g/mol. The molecular weight excluding hydrogens is 238 g/mol. The highest BCUT2D eigenvalue weighted by molar-refractivity contribution is 8.93. The van der Waals surface area contributed by atoms with E-state index in [4.69, 9.17) is 5.73 Å². The van der Waals surface area contributed by atoms with Crippen LogP contribution in [-0.4, -0.2) is 0 Å². The fourth-order valence-electron chi connectivity index (χ4n) is 2.20. The van der Waals surface area contributed by atoms with E-state index >= 15 is 0 Å². The molecule has 14 heavy (non-hydrogen) atoms. The molecule has 1 aliphatic carbocycles. The summed E-state index contributed by atoms with van der Waals surface area (Å²) in [5.41, 5.74) is 8.01. The van der Waals surface area contributed by atoms with Crippen molar-refractivity contribution < 1.29 is 0 Å². The largest absolute Gasteiger partial charge is 0.399 e. The lowest BCUT2D eigenvalue weighted by atomic mass is 9.84. The Bertz CT molecular complexity index is 262. The fourth-order valence-corrected chi connectivity index (χ4v) is 2.20. The van der Waals surface area contributed by atoms with E-state index in [1.807, 2.05) is 12.1 Å². The summed E-state index contributed by atoms with van der Waals surface area (Å²) in [6, 6.07) is 8.41.